The summed E-state index contributed by atoms with van der Waals surface area (Å²) in [6.45, 7) is 1.80. The van der Waals surface area contributed by atoms with Crippen LogP contribution in [-0.2, 0) is 16.1 Å². The zero-order valence-corrected chi connectivity index (χ0v) is 22.8. The number of benzene rings is 3. The standard InChI is InChI=1S/C24H15I2N3O7/c1-13-17(3-2-4-21(13)29(33)34)23-27-20(24(30)36-23)11-15-9-18(25)22(19(26)10-15)35-12-14-5-7-16(8-6-14)28(31)32/h2-11H,12H2,1H3/b20-11-. The molecule has 1 aliphatic heterocycles. The molecule has 0 aromatic heterocycles. The van der Waals surface area contributed by atoms with Gasteiger partial charge in [0.2, 0.25) is 5.90 Å². The fourth-order valence-electron chi connectivity index (χ4n) is 3.41. The predicted molar refractivity (Wildman–Crippen MR) is 148 cm³/mol. The molecule has 12 heteroatoms. The summed E-state index contributed by atoms with van der Waals surface area (Å²) in [5.41, 5.74) is 2.20. The first-order valence-corrected chi connectivity index (χ1v) is 12.4. The number of halogens is 2. The Hall–Kier alpha value is -3.40. The number of esters is 1. The first-order chi connectivity index (χ1) is 17.1. The SMILES string of the molecule is Cc1c(C2=N/C(=C\c3cc(I)c(OCc4ccc([N+](=O)[O-])cc4)c(I)c3)C(=O)O2)cccc1[N+](=O)[O-]. The van der Waals surface area contributed by atoms with Gasteiger partial charge < -0.3 is 9.47 Å². The largest absolute Gasteiger partial charge is 0.487 e. The number of carbonyl (C=O) groups is 1. The number of aliphatic imine (C=N–C) groups is 1. The van der Waals surface area contributed by atoms with E-state index in [2.05, 4.69) is 50.2 Å². The zero-order valence-electron chi connectivity index (χ0n) is 18.4. The van der Waals surface area contributed by atoms with Gasteiger partial charge in [-0.1, -0.05) is 6.07 Å². The van der Waals surface area contributed by atoms with Crippen molar-refractivity contribution in [1.82, 2.24) is 0 Å². The van der Waals surface area contributed by atoms with Gasteiger partial charge in [0.25, 0.3) is 11.4 Å². The van der Waals surface area contributed by atoms with E-state index in [1.54, 1.807) is 31.2 Å². The molecule has 0 saturated heterocycles. The number of hydrogen-bond donors (Lipinski definition) is 0. The van der Waals surface area contributed by atoms with Crippen LogP contribution < -0.4 is 4.74 Å². The van der Waals surface area contributed by atoms with E-state index in [1.807, 2.05) is 12.1 Å². The van der Waals surface area contributed by atoms with Crippen molar-refractivity contribution in [2.75, 3.05) is 0 Å². The second-order valence-electron chi connectivity index (χ2n) is 7.57. The van der Waals surface area contributed by atoms with Crippen molar-refractivity contribution in [3.8, 4) is 5.75 Å². The molecule has 0 N–H and O–H groups in total. The Balaban J connectivity index is 1.55. The minimum atomic E-state index is -0.653. The smallest absolute Gasteiger partial charge is 0.363 e. The lowest BCUT2D eigenvalue weighted by Gasteiger charge is -2.11. The van der Waals surface area contributed by atoms with E-state index in [9.17, 15) is 25.0 Å². The molecule has 0 amide bonds. The van der Waals surface area contributed by atoms with Crippen molar-refractivity contribution in [1.29, 1.82) is 0 Å². The molecule has 0 saturated carbocycles. The van der Waals surface area contributed by atoms with Gasteiger partial charge in [0, 0.05) is 29.3 Å². The number of rotatable bonds is 7. The number of nitro benzene ring substituents is 2. The minimum absolute atomic E-state index is 0.0113. The molecule has 0 radical (unpaired) electrons. The maximum Gasteiger partial charge on any atom is 0.363 e. The van der Waals surface area contributed by atoms with Crippen molar-refractivity contribution in [3.05, 3.63) is 110 Å². The summed E-state index contributed by atoms with van der Waals surface area (Å²) in [6, 6.07) is 14.3. The van der Waals surface area contributed by atoms with Crippen LogP contribution in [0.4, 0.5) is 11.4 Å². The van der Waals surface area contributed by atoms with Crippen molar-refractivity contribution in [2.24, 2.45) is 4.99 Å². The summed E-state index contributed by atoms with van der Waals surface area (Å²) in [5.74, 6) is 0.00132. The molecule has 0 unspecified atom stereocenters. The van der Waals surface area contributed by atoms with E-state index in [1.165, 1.54) is 24.3 Å². The lowest BCUT2D eigenvalue weighted by Crippen LogP contribution is -2.08. The fraction of sp³-hybridized carbons (Fsp3) is 0.0833. The fourth-order valence-corrected chi connectivity index (χ4v) is 5.53. The summed E-state index contributed by atoms with van der Waals surface area (Å²) in [7, 11) is 0. The highest BCUT2D eigenvalue weighted by molar-refractivity contribution is 14.1. The summed E-state index contributed by atoms with van der Waals surface area (Å²) in [4.78, 5) is 37.8. The summed E-state index contributed by atoms with van der Waals surface area (Å²) >= 11 is 4.25. The zero-order chi connectivity index (χ0) is 26.0. The van der Waals surface area contributed by atoms with E-state index in [4.69, 9.17) is 9.47 Å². The van der Waals surface area contributed by atoms with Gasteiger partial charge in [-0.15, -0.1) is 0 Å². The van der Waals surface area contributed by atoms with Crippen molar-refractivity contribution in [2.45, 2.75) is 13.5 Å². The maximum atomic E-state index is 12.4. The number of non-ortho nitro benzene ring substituents is 1. The highest BCUT2D eigenvalue weighted by Gasteiger charge is 2.27. The van der Waals surface area contributed by atoms with E-state index in [0.29, 0.717) is 22.4 Å². The molecule has 0 aliphatic carbocycles. The van der Waals surface area contributed by atoms with E-state index >= 15 is 0 Å². The summed E-state index contributed by atoms with van der Waals surface area (Å²) in [5, 5.41) is 22.0. The number of hydrogen-bond acceptors (Lipinski definition) is 8. The Morgan fingerprint density at radius 1 is 1.03 bits per heavy atom. The lowest BCUT2D eigenvalue weighted by molar-refractivity contribution is -0.385. The molecule has 1 aliphatic rings. The van der Waals surface area contributed by atoms with Crippen LogP contribution in [-0.4, -0.2) is 21.7 Å². The van der Waals surface area contributed by atoms with Gasteiger partial charge in [-0.05, 0) is 99.6 Å². The molecule has 4 rings (SSSR count). The number of nitro groups is 2. The Labute approximate surface area is 231 Å². The summed E-state index contributed by atoms with van der Waals surface area (Å²) < 4.78 is 12.8. The van der Waals surface area contributed by atoms with Crippen LogP contribution >= 0.6 is 45.2 Å². The Morgan fingerprint density at radius 3 is 2.31 bits per heavy atom. The minimum Gasteiger partial charge on any atom is -0.487 e. The highest BCUT2D eigenvalue weighted by atomic mass is 127. The number of carbonyl (C=O) groups excluding carboxylic acids is 1. The quantitative estimate of drug-likeness (QED) is 0.0974. The molecule has 0 fully saturated rings. The van der Waals surface area contributed by atoms with Crippen molar-refractivity contribution in [3.63, 3.8) is 0 Å². The van der Waals surface area contributed by atoms with E-state index in [0.717, 1.165) is 12.7 Å². The van der Waals surface area contributed by atoms with E-state index < -0.39 is 15.8 Å². The molecular weight excluding hydrogens is 696 g/mol. The van der Waals surface area contributed by atoms with Crippen LogP contribution in [0.15, 0.2) is 65.3 Å². The average molecular weight is 711 g/mol. The van der Waals surface area contributed by atoms with Gasteiger partial charge in [0.15, 0.2) is 5.70 Å². The second-order valence-corrected chi connectivity index (χ2v) is 9.89. The van der Waals surface area contributed by atoms with Crippen LogP contribution in [0.2, 0.25) is 0 Å². The van der Waals surface area contributed by atoms with E-state index in [-0.39, 0.29) is 29.6 Å². The molecule has 1 heterocycles. The topological polar surface area (TPSA) is 134 Å². The first-order valence-electron chi connectivity index (χ1n) is 10.3. The third-order valence-corrected chi connectivity index (χ3v) is 6.81. The Morgan fingerprint density at radius 2 is 1.69 bits per heavy atom. The molecule has 0 spiro atoms. The maximum absolute atomic E-state index is 12.4. The third-order valence-electron chi connectivity index (χ3n) is 5.21. The lowest BCUT2D eigenvalue weighted by atomic mass is 10.1. The molecule has 0 bridgehead atoms. The molecule has 182 valence electrons. The number of nitrogens with zero attached hydrogens (tertiary/aromatic N) is 3. The summed E-state index contributed by atoms with van der Waals surface area (Å²) in [6.07, 6.45) is 1.58. The molecular formula is C24H15I2N3O7. The molecule has 0 atom stereocenters. The van der Waals surface area contributed by atoms with Crippen LogP contribution in [0.1, 0.15) is 22.3 Å². The van der Waals surface area contributed by atoms with Gasteiger partial charge in [-0.3, -0.25) is 20.2 Å². The van der Waals surface area contributed by atoms with Crippen molar-refractivity contribution < 1.29 is 24.1 Å². The predicted octanol–water partition coefficient (Wildman–Crippen LogP) is 5.94. The third kappa shape index (κ3) is 5.53. The highest BCUT2D eigenvalue weighted by Crippen LogP contribution is 2.32. The van der Waals surface area contributed by atoms with Crippen LogP contribution in [0.3, 0.4) is 0 Å². The Kier molecular flexibility index (Phi) is 7.63. The second kappa shape index (κ2) is 10.7. The number of ether oxygens (including phenoxy) is 2. The average Bonchev–Trinajstić information content (AvgIpc) is 3.18. The molecule has 10 nitrogen and oxygen atoms in total. The van der Waals surface area contributed by atoms with Gasteiger partial charge in [0.1, 0.15) is 12.4 Å². The van der Waals surface area contributed by atoms with Gasteiger partial charge in [-0.25, -0.2) is 9.79 Å². The molecule has 36 heavy (non-hydrogen) atoms. The van der Waals surface area contributed by atoms with Gasteiger partial charge in [-0.2, -0.15) is 0 Å². The molecule has 3 aromatic carbocycles. The monoisotopic (exact) mass is 711 g/mol. The molecule has 3 aromatic rings. The normalized spacial score (nSPS) is 13.9. The number of cyclic esters (lactones) is 1. The van der Waals surface area contributed by atoms with Crippen LogP contribution in [0.5, 0.6) is 5.75 Å². The van der Waals surface area contributed by atoms with Crippen molar-refractivity contribution >= 4 is 74.5 Å². The van der Waals surface area contributed by atoms with Crippen LogP contribution in [0.25, 0.3) is 6.08 Å². The Bertz CT molecular complexity index is 1440. The first kappa shape index (κ1) is 25.7. The van der Waals surface area contributed by atoms with Crippen LogP contribution in [0, 0.1) is 34.3 Å². The van der Waals surface area contributed by atoms with Gasteiger partial charge in [0.05, 0.1) is 17.0 Å². The van der Waals surface area contributed by atoms with Gasteiger partial charge >= 0.3 is 5.97 Å².